The second kappa shape index (κ2) is 5.40. The number of anilines is 1. The maximum absolute atomic E-state index is 2.64. The van der Waals surface area contributed by atoms with Crippen LogP contribution in [-0.2, 0) is 5.41 Å². The van der Waals surface area contributed by atoms with Crippen LogP contribution in [0, 0.1) is 20.8 Å². The molecule has 0 saturated carbocycles. The van der Waals surface area contributed by atoms with E-state index >= 15 is 0 Å². The van der Waals surface area contributed by atoms with Crippen molar-refractivity contribution in [2.75, 3.05) is 11.4 Å². The smallest absolute Gasteiger partial charge is 0.0430 e. The lowest BCUT2D eigenvalue weighted by molar-refractivity contribution is 0.445. The minimum absolute atomic E-state index is 0.162. The number of hydrogen-bond donors (Lipinski definition) is 0. The zero-order chi connectivity index (χ0) is 16.8. The number of aryl methyl sites for hydroxylation is 3. The maximum Gasteiger partial charge on any atom is 0.0430 e. The van der Waals surface area contributed by atoms with Gasteiger partial charge < -0.3 is 4.90 Å². The van der Waals surface area contributed by atoms with E-state index in [9.17, 15) is 0 Å². The first-order valence-corrected chi connectivity index (χ1v) is 8.64. The van der Waals surface area contributed by atoms with Crippen LogP contribution in [-0.4, -0.2) is 12.1 Å². The highest BCUT2D eigenvalue weighted by Crippen LogP contribution is 2.47. The quantitative estimate of drug-likeness (QED) is 0.702. The average molecular weight is 307 g/mol. The summed E-state index contributed by atoms with van der Waals surface area (Å²) in [5.74, 6) is 0. The minimum Gasteiger partial charge on any atom is -0.365 e. The molecule has 0 aromatic heterocycles. The van der Waals surface area contributed by atoms with Crippen LogP contribution < -0.4 is 4.90 Å². The molecule has 1 atom stereocenters. The SMILES string of the molecule is Cc1cc(C)c(N2C[C@](C)(c3ccccc3)CC2(C)C)c(C)c1. The summed E-state index contributed by atoms with van der Waals surface area (Å²) in [6.07, 6.45) is 1.18. The monoisotopic (exact) mass is 307 g/mol. The Morgan fingerprint density at radius 3 is 2.00 bits per heavy atom. The molecular formula is C22H29N. The molecule has 2 aromatic carbocycles. The molecule has 0 unspecified atom stereocenters. The van der Waals surface area contributed by atoms with Crippen molar-refractivity contribution in [2.45, 2.75) is 58.9 Å². The largest absolute Gasteiger partial charge is 0.365 e. The first kappa shape index (κ1) is 16.1. The van der Waals surface area contributed by atoms with Crippen molar-refractivity contribution in [3.8, 4) is 0 Å². The van der Waals surface area contributed by atoms with Crippen LogP contribution in [0.25, 0.3) is 0 Å². The third kappa shape index (κ3) is 2.78. The van der Waals surface area contributed by atoms with Gasteiger partial charge in [0.1, 0.15) is 0 Å². The molecule has 0 N–H and O–H groups in total. The fourth-order valence-electron chi connectivity index (χ4n) is 4.68. The van der Waals surface area contributed by atoms with Gasteiger partial charge in [0.2, 0.25) is 0 Å². The Hall–Kier alpha value is -1.76. The van der Waals surface area contributed by atoms with E-state index in [1.807, 2.05) is 0 Å². The standard InChI is InChI=1S/C22H29N/c1-16-12-17(2)20(18(3)13-16)23-15-22(6,14-21(23,4)5)19-10-8-7-9-11-19/h7-13H,14-15H2,1-6H3/t22-/m1/s1. The van der Waals surface area contributed by atoms with Crippen molar-refractivity contribution in [3.63, 3.8) is 0 Å². The van der Waals surface area contributed by atoms with Crippen LogP contribution in [0.15, 0.2) is 42.5 Å². The Labute approximate surface area is 141 Å². The molecule has 0 bridgehead atoms. The maximum atomic E-state index is 2.64. The Balaban J connectivity index is 2.05. The summed E-state index contributed by atoms with van der Waals surface area (Å²) >= 11 is 0. The molecule has 1 nitrogen and oxygen atoms in total. The van der Waals surface area contributed by atoms with E-state index < -0.39 is 0 Å². The van der Waals surface area contributed by atoms with Gasteiger partial charge in [-0.1, -0.05) is 55.0 Å². The molecule has 1 fully saturated rings. The van der Waals surface area contributed by atoms with Gasteiger partial charge in [-0.2, -0.15) is 0 Å². The normalized spacial score (nSPS) is 23.3. The van der Waals surface area contributed by atoms with Crippen LogP contribution in [0.1, 0.15) is 49.4 Å². The van der Waals surface area contributed by atoms with Crippen LogP contribution in [0.5, 0.6) is 0 Å². The second-order valence-corrected chi connectivity index (χ2v) is 8.25. The van der Waals surface area contributed by atoms with E-state index in [2.05, 4.69) is 88.9 Å². The van der Waals surface area contributed by atoms with Gasteiger partial charge in [0, 0.05) is 23.2 Å². The first-order valence-electron chi connectivity index (χ1n) is 8.64. The van der Waals surface area contributed by atoms with E-state index in [1.54, 1.807) is 0 Å². The number of benzene rings is 2. The van der Waals surface area contributed by atoms with Crippen molar-refractivity contribution < 1.29 is 0 Å². The molecule has 0 aliphatic carbocycles. The van der Waals surface area contributed by atoms with Crippen molar-refractivity contribution in [3.05, 3.63) is 64.7 Å². The third-order valence-electron chi connectivity index (χ3n) is 5.44. The molecule has 2 aromatic rings. The topological polar surface area (TPSA) is 3.24 Å². The predicted octanol–water partition coefficient (Wildman–Crippen LogP) is 5.56. The molecule has 1 aliphatic heterocycles. The Morgan fingerprint density at radius 2 is 1.43 bits per heavy atom. The molecule has 0 amide bonds. The van der Waals surface area contributed by atoms with Gasteiger partial charge in [-0.3, -0.25) is 0 Å². The molecule has 1 heterocycles. The van der Waals surface area contributed by atoms with E-state index in [1.165, 1.54) is 34.4 Å². The van der Waals surface area contributed by atoms with Gasteiger partial charge in [-0.25, -0.2) is 0 Å². The van der Waals surface area contributed by atoms with E-state index in [4.69, 9.17) is 0 Å². The number of nitrogens with zero attached hydrogens (tertiary/aromatic N) is 1. The molecular weight excluding hydrogens is 278 g/mol. The predicted molar refractivity (Wildman–Crippen MR) is 100 cm³/mol. The van der Waals surface area contributed by atoms with Gasteiger partial charge in [-0.15, -0.1) is 0 Å². The summed E-state index contributed by atoms with van der Waals surface area (Å²) in [4.78, 5) is 2.64. The molecule has 3 rings (SSSR count). The first-order chi connectivity index (χ1) is 10.7. The number of hydrogen-bond acceptors (Lipinski definition) is 1. The van der Waals surface area contributed by atoms with Gasteiger partial charge in [0.25, 0.3) is 0 Å². The van der Waals surface area contributed by atoms with Gasteiger partial charge in [0.05, 0.1) is 0 Å². The fourth-order valence-corrected chi connectivity index (χ4v) is 4.68. The van der Waals surface area contributed by atoms with Gasteiger partial charge in [0.15, 0.2) is 0 Å². The summed E-state index contributed by atoms with van der Waals surface area (Å²) in [6, 6.07) is 15.6. The van der Waals surface area contributed by atoms with Crippen molar-refractivity contribution >= 4 is 5.69 Å². The van der Waals surface area contributed by atoms with E-state index in [0.717, 1.165) is 6.54 Å². The zero-order valence-electron chi connectivity index (χ0n) is 15.4. The molecule has 0 radical (unpaired) electrons. The van der Waals surface area contributed by atoms with Crippen LogP contribution >= 0.6 is 0 Å². The molecule has 1 heteroatoms. The molecule has 23 heavy (non-hydrogen) atoms. The fraction of sp³-hybridized carbons (Fsp3) is 0.455. The molecule has 1 saturated heterocycles. The summed E-state index contributed by atoms with van der Waals surface area (Å²) in [5, 5.41) is 0. The van der Waals surface area contributed by atoms with E-state index in [-0.39, 0.29) is 11.0 Å². The van der Waals surface area contributed by atoms with Crippen LogP contribution in [0.3, 0.4) is 0 Å². The van der Waals surface area contributed by atoms with Crippen molar-refractivity contribution in [1.29, 1.82) is 0 Å². The van der Waals surface area contributed by atoms with Crippen molar-refractivity contribution in [1.82, 2.24) is 0 Å². The lowest BCUT2D eigenvalue weighted by Crippen LogP contribution is -2.39. The third-order valence-corrected chi connectivity index (χ3v) is 5.44. The number of rotatable bonds is 2. The Morgan fingerprint density at radius 1 is 0.870 bits per heavy atom. The lowest BCUT2D eigenvalue weighted by Gasteiger charge is -2.36. The summed E-state index contributed by atoms with van der Waals surface area (Å²) < 4.78 is 0. The summed E-state index contributed by atoms with van der Waals surface area (Å²) in [5.41, 5.74) is 7.40. The Bertz CT molecular complexity index is 691. The summed E-state index contributed by atoms with van der Waals surface area (Å²) in [7, 11) is 0. The molecule has 0 spiro atoms. The van der Waals surface area contributed by atoms with Crippen LogP contribution in [0.4, 0.5) is 5.69 Å². The molecule has 1 aliphatic rings. The highest BCUT2D eigenvalue weighted by atomic mass is 15.2. The summed E-state index contributed by atoms with van der Waals surface area (Å²) in [6.45, 7) is 15.0. The average Bonchev–Trinajstić information content (AvgIpc) is 2.70. The second-order valence-electron chi connectivity index (χ2n) is 8.25. The highest BCUT2D eigenvalue weighted by molar-refractivity contribution is 5.63. The minimum atomic E-state index is 0.162. The zero-order valence-corrected chi connectivity index (χ0v) is 15.4. The van der Waals surface area contributed by atoms with Crippen molar-refractivity contribution in [2.24, 2.45) is 0 Å². The van der Waals surface area contributed by atoms with Gasteiger partial charge >= 0.3 is 0 Å². The van der Waals surface area contributed by atoms with Gasteiger partial charge in [-0.05, 0) is 57.7 Å². The highest BCUT2D eigenvalue weighted by Gasteiger charge is 2.47. The molecule has 122 valence electrons. The van der Waals surface area contributed by atoms with E-state index in [0.29, 0.717) is 0 Å². The Kier molecular flexibility index (Phi) is 3.78. The lowest BCUT2D eigenvalue weighted by atomic mass is 9.78. The van der Waals surface area contributed by atoms with Crippen LogP contribution in [0.2, 0.25) is 0 Å².